The zero-order valence-corrected chi connectivity index (χ0v) is 62.8. The summed E-state index contributed by atoms with van der Waals surface area (Å²) in [5.74, 6) is 0.628. The maximum Gasteiger partial charge on any atom is 0.179 e. The molecule has 0 atom stereocenters. The predicted molar refractivity (Wildman–Crippen MR) is 469 cm³/mol. The molecule has 518 valence electrons. The SMILES string of the molecule is c1ccc(-c2cccc(-c3cc(-c4cc([Si](c5cccc(-c6ccccc6)c5)(c5cccc(-c6ccccc6)c5)c5cccc(-c6ccccc6)c5)cc([Si](c5cccc(-c6ccccc6)c5)(c5cccc(-c6ccccc6)c5)c5cccc(-c6ccccc6)c5)c4)nc(-c4cccc(-c5ccccc5)c4)n3)c2)cc1. The highest BCUT2D eigenvalue weighted by atomic mass is 28.3. The molecule has 18 rings (SSSR count). The van der Waals surface area contributed by atoms with E-state index in [4.69, 9.17) is 9.97 Å². The van der Waals surface area contributed by atoms with Gasteiger partial charge in [0.05, 0.1) is 11.4 Å². The fourth-order valence-corrected chi connectivity index (χ4v) is 26.4. The molecule has 4 heteroatoms. The monoisotopic (exact) mass is 1430 g/mol. The molecule has 0 aliphatic carbocycles. The lowest BCUT2D eigenvalue weighted by atomic mass is 10.00. The molecule has 0 fully saturated rings. The molecule has 0 amide bonds. The predicted octanol–water partition coefficient (Wildman–Crippen LogP) is 21.6. The lowest BCUT2D eigenvalue weighted by Gasteiger charge is -2.39. The summed E-state index contributed by atoms with van der Waals surface area (Å²) < 4.78 is 0. The Labute approximate surface area is 647 Å². The average molecular weight is 1430 g/mol. The van der Waals surface area contributed by atoms with E-state index < -0.39 is 16.1 Å². The first kappa shape index (κ1) is 68.1. The Morgan fingerprint density at radius 2 is 0.300 bits per heavy atom. The van der Waals surface area contributed by atoms with Gasteiger partial charge in [-0.25, -0.2) is 9.97 Å². The van der Waals surface area contributed by atoms with Gasteiger partial charge in [0.25, 0.3) is 0 Å². The summed E-state index contributed by atoms with van der Waals surface area (Å²) in [6, 6.07) is 172. The van der Waals surface area contributed by atoms with Crippen LogP contribution in [0.2, 0.25) is 0 Å². The number of benzene rings is 17. The van der Waals surface area contributed by atoms with E-state index in [9.17, 15) is 0 Å². The molecule has 0 aliphatic rings. The molecule has 0 aliphatic heterocycles. The highest BCUT2D eigenvalue weighted by molar-refractivity contribution is 7.22. The summed E-state index contributed by atoms with van der Waals surface area (Å²) in [6.45, 7) is 0. The summed E-state index contributed by atoms with van der Waals surface area (Å²) in [7, 11) is -7.65. The molecule has 1 aromatic heterocycles. The van der Waals surface area contributed by atoms with Crippen LogP contribution in [0.15, 0.2) is 461 Å². The molecule has 0 saturated heterocycles. The summed E-state index contributed by atoms with van der Waals surface area (Å²) in [5.41, 5.74) is 22.7. The third-order valence-electron chi connectivity index (χ3n) is 21.7. The fourth-order valence-electron chi connectivity index (χ4n) is 16.4. The largest absolute Gasteiger partial charge is 0.228 e. The van der Waals surface area contributed by atoms with Gasteiger partial charge < -0.3 is 0 Å². The van der Waals surface area contributed by atoms with Gasteiger partial charge in [-0.1, -0.05) is 443 Å². The average Bonchev–Trinajstić information content (AvgIpc) is 0.706. The first-order chi connectivity index (χ1) is 54.5. The number of hydrogen-bond acceptors (Lipinski definition) is 2. The van der Waals surface area contributed by atoms with Gasteiger partial charge in [-0.2, -0.15) is 0 Å². The van der Waals surface area contributed by atoms with E-state index >= 15 is 0 Å². The maximum absolute atomic E-state index is 6.04. The van der Waals surface area contributed by atoms with Crippen molar-refractivity contribution in [2.45, 2.75) is 0 Å². The molecule has 110 heavy (non-hydrogen) atoms. The Morgan fingerprint density at radius 1 is 0.118 bits per heavy atom. The minimum atomic E-state index is -3.83. The van der Waals surface area contributed by atoms with E-state index in [1.165, 1.54) is 41.5 Å². The molecular weight excluding hydrogens is 1360 g/mol. The molecular formula is C106H76N2Si2. The Morgan fingerprint density at radius 3 is 0.555 bits per heavy atom. The van der Waals surface area contributed by atoms with Crippen molar-refractivity contribution in [2.24, 2.45) is 0 Å². The van der Waals surface area contributed by atoms with E-state index in [2.05, 4.69) is 461 Å². The molecule has 0 radical (unpaired) electrons. The zero-order chi connectivity index (χ0) is 73.5. The Hall–Kier alpha value is -13.7. The molecule has 0 spiro atoms. The fraction of sp³-hybridized carbons (Fsp3) is 0. The Balaban J connectivity index is 1.04. The van der Waals surface area contributed by atoms with Gasteiger partial charge in [-0.3, -0.25) is 0 Å². The van der Waals surface area contributed by atoms with Gasteiger partial charge in [-0.15, -0.1) is 0 Å². The van der Waals surface area contributed by atoms with Crippen LogP contribution in [0.1, 0.15) is 0 Å². The van der Waals surface area contributed by atoms with Crippen molar-refractivity contribution in [1.82, 2.24) is 9.97 Å². The standard InChI is InChI=1S/C106H76N2Si2/c1-9-33-77(34-10-1)85-49-25-57-93(65-85)104-76-105(108-106(107-104)94-58-26-50-86(66-94)78-35-11-2-12-36-78)95-73-102(109(96-59-27-51-87(67-96)79-37-13-3-14-38-79,97-60-28-52-88(68-97)80-39-15-4-16-40-80)98-61-29-53-89(69-98)81-41-17-5-18-42-81)75-103(74-95)110(99-62-30-54-90(70-99)82-43-19-6-20-44-82,100-63-31-55-91(71-100)83-45-21-7-22-46-83)101-64-32-56-92(72-101)84-47-23-8-24-48-84/h1-76H. The van der Waals surface area contributed by atoms with E-state index in [0.29, 0.717) is 5.82 Å². The molecule has 17 aromatic carbocycles. The van der Waals surface area contributed by atoms with Gasteiger partial charge in [0.1, 0.15) is 0 Å². The van der Waals surface area contributed by atoms with Gasteiger partial charge in [0, 0.05) is 16.7 Å². The van der Waals surface area contributed by atoms with Crippen LogP contribution in [-0.4, -0.2) is 26.1 Å². The summed E-state index contributed by atoms with van der Waals surface area (Å²) in [4.78, 5) is 11.8. The van der Waals surface area contributed by atoms with Crippen LogP contribution in [0.4, 0.5) is 0 Å². The number of aromatic nitrogens is 2. The molecule has 0 bridgehead atoms. The second-order valence-electron chi connectivity index (χ2n) is 28.3. The van der Waals surface area contributed by atoms with Crippen molar-refractivity contribution in [3.05, 3.63) is 461 Å². The molecule has 18 aromatic rings. The van der Waals surface area contributed by atoms with E-state index in [0.717, 1.165) is 117 Å². The van der Waals surface area contributed by atoms with E-state index in [1.807, 2.05) is 0 Å². The van der Waals surface area contributed by atoms with E-state index in [1.54, 1.807) is 0 Å². The zero-order valence-electron chi connectivity index (χ0n) is 60.8. The first-order valence-electron chi connectivity index (χ1n) is 37.8. The summed E-state index contributed by atoms with van der Waals surface area (Å²) >= 11 is 0. The number of nitrogens with zero attached hydrogens (tertiary/aromatic N) is 2. The molecule has 1 heterocycles. The van der Waals surface area contributed by atoms with Crippen molar-refractivity contribution >= 4 is 57.6 Å². The van der Waals surface area contributed by atoms with Crippen LogP contribution in [-0.2, 0) is 0 Å². The first-order valence-corrected chi connectivity index (χ1v) is 41.8. The van der Waals surface area contributed by atoms with Crippen molar-refractivity contribution in [1.29, 1.82) is 0 Å². The van der Waals surface area contributed by atoms with E-state index in [-0.39, 0.29) is 0 Å². The lowest BCUT2D eigenvalue weighted by molar-refractivity contribution is 1.18. The molecule has 0 saturated carbocycles. The number of hydrogen-bond donors (Lipinski definition) is 0. The summed E-state index contributed by atoms with van der Waals surface area (Å²) in [6.07, 6.45) is 0. The van der Waals surface area contributed by atoms with Crippen LogP contribution >= 0.6 is 0 Å². The number of rotatable bonds is 19. The quantitative estimate of drug-likeness (QED) is 0.0596. The van der Waals surface area contributed by atoms with Crippen LogP contribution in [0, 0.1) is 0 Å². The van der Waals surface area contributed by atoms with Crippen LogP contribution in [0.5, 0.6) is 0 Å². The van der Waals surface area contributed by atoms with Gasteiger partial charge >= 0.3 is 0 Å². The smallest absolute Gasteiger partial charge is 0.179 e. The third-order valence-corrected chi connectivity index (χ3v) is 31.1. The van der Waals surface area contributed by atoms with Crippen molar-refractivity contribution < 1.29 is 0 Å². The van der Waals surface area contributed by atoms with Crippen molar-refractivity contribution in [3.8, 4) is 123 Å². The normalized spacial score (nSPS) is 11.5. The third kappa shape index (κ3) is 13.5. The van der Waals surface area contributed by atoms with Gasteiger partial charge in [0.2, 0.25) is 0 Å². The van der Waals surface area contributed by atoms with Crippen molar-refractivity contribution in [3.63, 3.8) is 0 Å². The topological polar surface area (TPSA) is 25.8 Å². The maximum atomic E-state index is 6.04. The molecule has 0 unspecified atom stereocenters. The molecule has 0 N–H and O–H groups in total. The van der Waals surface area contributed by atoms with Gasteiger partial charge in [0.15, 0.2) is 22.0 Å². The van der Waals surface area contributed by atoms with Crippen LogP contribution in [0.3, 0.4) is 0 Å². The Kier molecular flexibility index (Phi) is 19.0. The minimum Gasteiger partial charge on any atom is -0.228 e. The van der Waals surface area contributed by atoms with Crippen molar-refractivity contribution in [2.75, 3.05) is 0 Å². The second kappa shape index (κ2) is 30.6. The van der Waals surface area contributed by atoms with Crippen LogP contribution in [0.25, 0.3) is 123 Å². The highest BCUT2D eigenvalue weighted by Crippen LogP contribution is 2.35. The second-order valence-corrected chi connectivity index (χ2v) is 36.0. The minimum absolute atomic E-state index is 0.628. The van der Waals surface area contributed by atoms with Crippen LogP contribution < -0.4 is 41.5 Å². The van der Waals surface area contributed by atoms with Gasteiger partial charge in [-0.05, 0) is 149 Å². The molecule has 2 nitrogen and oxygen atoms in total. The highest BCUT2D eigenvalue weighted by Gasteiger charge is 2.47. The summed E-state index contributed by atoms with van der Waals surface area (Å²) in [5, 5.41) is 9.87. The Bertz CT molecular complexity index is 5480. The lowest BCUT2D eigenvalue weighted by Crippen LogP contribution is -2.78.